The van der Waals surface area contributed by atoms with Gasteiger partial charge in [-0.05, 0) is 0 Å². The van der Waals surface area contributed by atoms with Crippen molar-refractivity contribution in [2.75, 3.05) is 20.8 Å². The van der Waals surface area contributed by atoms with Gasteiger partial charge in [0.05, 0.1) is 0 Å². The van der Waals surface area contributed by atoms with Crippen molar-refractivity contribution < 1.29 is 27.9 Å². The Labute approximate surface area is 162 Å². The maximum atomic E-state index is 6.57. The Hall–Kier alpha value is 0.407. The Morgan fingerprint density at radius 1 is 1.19 bits per heavy atom. The first kappa shape index (κ1) is 24.4. The zero-order valence-corrected chi connectivity index (χ0v) is 19.5. The molecule has 0 aromatic heterocycles. The molecule has 1 aliphatic rings. The van der Waals surface area contributed by atoms with E-state index in [0.29, 0.717) is 6.61 Å². The normalized spacial score (nSPS) is 26.1. The van der Waals surface area contributed by atoms with Crippen LogP contribution in [0.2, 0.25) is 18.1 Å². The van der Waals surface area contributed by atoms with Gasteiger partial charge < -0.3 is 0 Å². The second-order valence-electron chi connectivity index (χ2n) is 8.48. The van der Waals surface area contributed by atoms with Crippen LogP contribution in [0.4, 0.5) is 0 Å². The molecule has 10 heteroatoms. The van der Waals surface area contributed by atoms with Crippen LogP contribution in [-0.2, 0) is 27.9 Å². The first-order valence-electron chi connectivity index (χ1n) is 8.75. The summed E-state index contributed by atoms with van der Waals surface area (Å²) in [7, 11) is 10.9. The van der Waals surface area contributed by atoms with Crippen molar-refractivity contribution in [1.82, 2.24) is 0 Å². The summed E-state index contributed by atoms with van der Waals surface area (Å²) in [4.78, 5) is 0. The van der Waals surface area contributed by atoms with E-state index in [1.54, 1.807) is 0 Å². The summed E-state index contributed by atoms with van der Waals surface area (Å²) < 4.78 is 35.2. The fourth-order valence-corrected chi connectivity index (χ4v) is 4.33. The maximum absolute atomic E-state index is 6.57. The monoisotopic (exact) mass is 402 g/mol. The Morgan fingerprint density at radius 2 is 1.73 bits per heavy atom. The standard InChI is InChI=1S/C16H33B2O6PSi/c1-15(2,3)26(8,9)24-11-10-21-16(4,5)22-12(11)13(23-25(17)18)14(19-6)20-7/h11-14H,10H2,1-9H3/t11-,12+,13+/m0/s1. The third kappa shape index (κ3) is 6.49. The van der Waals surface area contributed by atoms with E-state index < -0.39 is 39.9 Å². The summed E-state index contributed by atoms with van der Waals surface area (Å²) in [6.45, 7) is 15.0. The molecule has 1 unspecified atom stereocenters. The predicted molar refractivity (Wildman–Crippen MR) is 108 cm³/mol. The number of hydrogen-bond donors (Lipinski definition) is 0. The molecule has 148 valence electrons. The Balaban J connectivity index is 3.20. The van der Waals surface area contributed by atoms with E-state index in [2.05, 4.69) is 33.9 Å². The molecule has 1 aliphatic heterocycles. The minimum atomic E-state index is -2.08. The van der Waals surface area contributed by atoms with Gasteiger partial charge >= 0.3 is 162 Å². The van der Waals surface area contributed by atoms with Crippen molar-refractivity contribution in [3.8, 4) is 0 Å². The molecule has 2 radical (unpaired) electrons. The Morgan fingerprint density at radius 3 is 2.15 bits per heavy atom. The fourth-order valence-electron chi connectivity index (χ4n) is 2.52. The van der Waals surface area contributed by atoms with Crippen molar-refractivity contribution in [2.45, 2.75) is 83.1 Å². The van der Waals surface area contributed by atoms with E-state index in [-0.39, 0.29) is 11.1 Å². The molecule has 0 aliphatic carbocycles. The van der Waals surface area contributed by atoms with Crippen LogP contribution >= 0.6 is 7.34 Å². The molecule has 0 aromatic carbocycles. The summed E-state index contributed by atoms with van der Waals surface area (Å²) in [5.41, 5.74) is 0. The summed E-state index contributed by atoms with van der Waals surface area (Å²) in [6, 6.07) is 0. The van der Waals surface area contributed by atoms with Crippen LogP contribution in [0, 0.1) is 0 Å². The zero-order valence-electron chi connectivity index (χ0n) is 17.6. The fraction of sp³-hybridized carbons (Fsp3) is 1.00. The molecule has 0 bridgehead atoms. The van der Waals surface area contributed by atoms with Gasteiger partial charge in [-0.3, -0.25) is 0 Å². The minimum absolute atomic E-state index is 0.0388. The van der Waals surface area contributed by atoms with Crippen LogP contribution < -0.4 is 0 Å². The van der Waals surface area contributed by atoms with Crippen LogP contribution in [0.5, 0.6) is 0 Å². The van der Waals surface area contributed by atoms with Crippen molar-refractivity contribution in [3.63, 3.8) is 0 Å². The number of rotatable bonds is 7. The van der Waals surface area contributed by atoms with E-state index in [4.69, 9.17) is 42.5 Å². The molecule has 1 saturated heterocycles. The summed E-state index contributed by atoms with van der Waals surface area (Å²) in [5, 5.41) is 0.0388. The topological polar surface area (TPSA) is 55.4 Å². The van der Waals surface area contributed by atoms with Gasteiger partial charge in [0.25, 0.3) is 0 Å². The molecule has 0 saturated carbocycles. The molecule has 0 spiro atoms. The van der Waals surface area contributed by atoms with Gasteiger partial charge in [0, 0.05) is 0 Å². The van der Waals surface area contributed by atoms with E-state index in [0.717, 1.165) is 0 Å². The molecule has 1 fully saturated rings. The molecule has 0 aromatic rings. The van der Waals surface area contributed by atoms with E-state index >= 15 is 0 Å². The van der Waals surface area contributed by atoms with E-state index in [1.165, 1.54) is 14.2 Å². The number of methoxy groups -OCH3 is 2. The Bertz CT molecular complexity index is 527. The molecule has 0 amide bonds. The average molecular weight is 402 g/mol. The molecule has 0 N–H and O–H groups in total. The van der Waals surface area contributed by atoms with Crippen molar-refractivity contribution in [2.24, 2.45) is 0 Å². The third-order valence-corrected chi connectivity index (χ3v) is 9.93. The Kier molecular flexibility index (Phi) is 8.72. The van der Waals surface area contributed by atoms with Gasteiger partial charge in [0.2, 0.25) is 0 Å². The van der Waals surface area contributed by atoms with Crippen LogP contribution in [0.25, 0.3) is 0 Å². The van der Waals surface area contributed by atoms with Gasteiger partial charge in [-0.25, -0.2) is 0 Å². The van der Waals surface area contributed by atoms with E-state index in [9.17, 15) is 0 Å². The van der Waals surface area contributed by atoms with Gasteiger partial charge in [-0.1, -0.05) is 0 Å². The summed E-state index contributed by atoms with van der Waals surface area (Å²) >= 11 is 0. The van der Waals surface area contributed by atoms with Crippen LogP contribution in [-0.4, -0.2) is 74.1 Å². The van der Waals surface area contributed by atoms with Gasteiger partial charge in [0.1, 0.15) is 0 Å². The molecular weight excluding hydrogens is 369 g/mol. The quantitative estimate of drug-likeness (QED) is 0.371. The number of hydrogen-bond acceptors (Lipinski definition) is 6. The first-order valence-corrected chi connectivity index (χ1v) is 13.1. The molecule has 26 heavy (non-hydrogen) atoms. The van der Waals surface area contributed by atoms with Crippen molar-refractivity contribution in [3.05, 3.63) is 0 Å². The van der Waals surface area contributed by atoms with Gasteiger partial charge in [-0.2, -0.15) is 0 Å². The first-order chi connectivity index (χ1) is 11.7. The van der Waals surface area contributed by atoms with Gasteiger partial charge in [-0.15, -0.1) is 0 Å². The zero-order chi connectivity index (χ0) is 20.3. The number of ether oxygens (including phenoxy) is 4. The van der Waals surface area contributed by atoms with Crippen LogP contribution in [0.3, 0.4) is 0 Å². The molecular formula is C16H33B2O6PSi. The van der Waals surface area contributed by atoms with Crippen molar-refractivity contribution in [1.29, 1.82) is 0 Å². The van der Waals surface area contributed by atoms with E-state index in [1.807, 2.05) is 13.8 Å². The molecule has 1 rings (SSSR count). The molecule has 1 heterocycles. The third-order valence-electron chi connectivity index (χ3n) is 4.93. The van der Waals surface area contributed by atoms with Crippen LogP contribution in [0.1, 0.15) is 34.6 Å². The SMILES string of the molecule is [B]P(#B)O[C@@H](C(OC)OC)[C@@H]1OC(C)(C)OC[C@@H]1O[Si](C)(C)C(C)(C)C. The molecule has 4 atom stereocenters. The summed E-state index contributed by atoms with van der Waals surface area (Å²) in [5.74, 6) is -0.794. The second kappa shape index (κ2) is 9.27. The van der Waals surface area contributed by atoms with Gasteiger partial charge in [0.15, 0.2) is 0 Å². The summed E-state index contributed by atoms with van der Waals surface area (Å²) in [6.07, 6.45) is -2.20. The second-order valence-corrected chi connectivity index (χ2v) is 14.2. The van der Waals surface area contributed by atoms with Crippen LogP contribution in [0.15, 0.2) is 0 Å². The molecule has 6 nitrogen and oxygen atoms in total. The average Bonchev–Trinajstić information content (AvgIpc) is 2.47. The van der Waals surface area contributed by atoms with Crippen molar-refractivity contribution >= 4 is 30.2 Å². The predicted octanol–water partition coefficient (Wildman–Crippen LogP) is 3.10.